The van der Waals surface area contributed by atoms with Crippen LogP contribution in [0.25, 0.3) is 11.1 Å². The largest absolute Gasteiger partial charge is 0.350 e. The number of hydrogen-bond acceptors (Lipinski definition) is 4. The van der Waals surface area contributed by atoms with Gasteiger partial charge in [0, 0.05) is 37.5 Å². The molecule has 29 heavy (non-hydrogen) atoms. The van der Waals surface area contributed by atoms with E-state index in [9.17, 15) is 4.79 Å². The maximum Gasteiger partial charge on any atom is 0.270 e. The molecule has 0 aliphatic carbocycles. The Morgan fingerprint density at radius 2 is 2.00 bits per heavy atom. The van der Waals surface area contributed by atoms with Gasteiger partial charge >= 0.3 is 0 Å². The van der Waals surface area contributed by atoms with Crippen LogP contribution in [0.2, 0.25) is 0 Å². The van der Waals surface area contributed by atoms with Crippen LogP contribution < -0.4 is 5.32 Å². The lowest BCUT2D eigenvalue weighted by molar-refractivity contribution is -0.115. The number of piperidine rings is 1. The Morgan fingerprint density at radius 3 is 2.66 bits per heavy atom. The van der Waals surface area contributed by atoms with Crippen molar-refractivity contribution in [1.29, 1.82) is 0 Å². The maximum atomic E-state index is 13.1. The van der Waals surface area contributed by atoms with E-state index < -0.39 is 0 Å². The highest BCUT2D eigenvalue weighted by molar-refractivity contribution is 6.45. The molecule has 6 nitrogen and oxygen atoms in total. The second-order valence-electron chi connectivity index (χ2n) is 8.12. The number of aliphatic imine (C=N–C) groups is 1. The number of carbonyl (C=O) groups excluding carboxylic acids is 1. The fourth-order valence-electron chi connectivity index (χ4n) is 3.72. The number of rotatable bonds is 7. The van der Waals surface area contributed by atoms with Gasteiger partial charge in [-0.1, -0.05) is 19.1 Å². The zero-order valence-corrected chi connectivity index (χ0v) is 18.1. The van der Waals surface area contributed by atoms with Gasteiger partial charge in [-0.15, -0.1) is 0 Å². The van der Waals surface area contributed by atoms with Crippen molar-refractivity contribution in [3.8, 4) is 11.1 Å². The molecule has 1 saturated heterocycles. The van der Waals surface area contributed by atoms with E-state index in [4.69, 9.17) is 0 Å². The zero-order valence-electron chi connectivity index (χ0n) is 18.1. The summed E-state index contributed by atoms with van der Waals surface area (Å²) in [5, 5.41) is 7.43. The average molecular weight is 396 g/mol. The lowest BCUT2D eigenvalue weighted by Crippen LogP contribution is -2.39. The molecule has 1 aliphatic heterocycles. The predicted molar refractivity (Wildman–Crippen MR) is 118 cm³/mol. The molecule has 0 spiro atoms. The summed E-state index contributed by atoms with van der Waals surface area (Å²) in [6.45, 7) is 7.68. The lowest BCUT2D eigenvalue weighted by Gasteiger charge is -2.29. The van der Waals surface area contributed by atoms with Crippen LogP contribution in [0.15, 0.2) is 35.6 Å². The molecule has 0 radical (unpaired) electrons. The standard InChI is InChI=1S/C23H33N5O/c1-5-10-24-22(23(29)25-14-18-8-11-27(3)12-9-18)21-13-19(7-6-17(21)2)20-15-26-28(4)16-20/h6-7,13,15-16,18H,5,8-12,14H2,1-4H3,(H,25,29). The molecule has 2 heterocycles. The number of likely N-dealkylation sites (tertiary alicyclic amines) is 1. The van der Waals surface area contributed by atoms with E-state index in [0.717, 1.165) is 61.2 Å². The predicted octanol–water partition coefficient (Wildman–Crippen LogP) is 3.05. The normalized spacial score (nSPS) is 16.2. The molecule has 1 fully saturated rings. The van der Waals surface area contributed by atoms with Crippen molar-refractivity contribution in [3.05, 3.63) is 41.7 Å². The van der Waals surface area contributed by atoms with Crippen LogP contribution in [0, 0.1) is 12.8 Å². The van der Waals surface area contributed by atoms with Gasteiger partial charge < -0.3 is 10.2 Å². The van der Waals surface area contributed by atoms with Crippen LogP contribution >= 0.6 is 0 Å². The summed E-state index contributed by atoms with van der Waals surface area (Å²) in [5.41, 5.74) is 4.59. The fraction of sp³-hybridized carbons (Fsp3) is 0.522. The molecule has 0 bridgehead atoms. The number of carbonyl (C=O) groups is 1. The molecule has 0 atom stereocenters. The molecule has 1 aromatic carbocycles. The first-order valence-corrected chi connectivity index (χ1v) is 10.6. The Bertz CT molecular complexity index is 862. The van der Waals surface area contributed by atoms with Crippen molar-refractivity contribution in [2.24, 2.45) is 18.0 Å². The van der Waals surface area contributed by atoms with Crippen molar-refractivity contribution < 1.29 is 4.79 Å². The smallest absolute Gasteiger partial charge is 0.270 e. The molecule has 156 valence electrons. The van der Waals surface area contributed by atoms with Gasteiger partial charge in [0.05, 0.1) is 6.20 Å². The van der Waals surface area contributed by atoms with Crippen molar-refractivity contribution in [3.63, 3.8) is 0 Å². The van der Waals surface area contributed by atoms with E-state index >= 15 is 0 Å². The fourth-order valence-corrected chi connectivity index (χ4v) is 3.72. The van der Waals surface area contributed by atoms with Gasteiger partial charge in [0.15, 0.2) is 0 Å². The Kier molecular flexibility index (Phi) is 7.20. The Morgan fingerprint density at radius 1 is 1.24 bits per heavy atom. The first-order chi connectivity index (χ1) is 14.0. The van der Waals surface area contributed by atoms with E-state index in [-0.39, 0.29) is 5.91 Å². The third-order valence-corrected chi connectivity index (χ3v) is 5.63. The molecule has 1 N–H and O–H groups in total. The average Bonchev–Trinajstić information content (AvgIpc) is 3.15. The second kappa shape index (κ2) is 9.83. The lowest BCUT2D eigenvalue weighted by atomic mass is 9.96. The molecule has 6 heteroatoms. The SMILES string of the molecule is CCCN=C(C(=O)NCC1CCN(C)CC1)c1cc(-c2cnn(C)c2)ccc1C. The van der Waals surface area contributed by atoms with Gasteiger partial charge in [0.25, 0.3) is 5.91 Å². The first-order valence-electron chi connectivity index (χ1n) is 10.6. The van der Waals surface area contributed by atoms with Crippen LogP contribution in [0.4, 0.5) is 0 Å². The van der Waals surface area contributed by atoms with Gasteiger partial charge in [-0.05, 0) is 69.4 Å². The third kappa shape index (κ3) is 5.54. The van der Waals surface area contributed by atoms with Crippen molar-refractivity contribution in [2.45, 2.75) is 33.1 Å². The summed E-state index contributed by atoms with van der Waals surface area (Å²) in [6, 6.07) is 6.20. The maximum absolute atomic E-state index is 13.1. The summed E-state index contributed by atoms with van der Waals surface area (Å²) < 4.78 is 1.79. The Balaban J connectivity index is 1.80. The molecule has 0 saturated carbocycles. The Labute approximate surface area is 174 Å². The van der Waals surface area contributed by atoms with Crippen molar-refractivity contribution in [2.75, 3.05) is 33.2 Å². The van der Waals surface area contributed by atoms with Gasteiger partial charge in [-0.3, -0.25) is 14.5 Å². The summed E-state index contributed by atoms with van der Waals surface area (Å²) in [4.78, 5) is 20.1. The van der Waals surface area contributed by atoms with Crippen molar-refractivity contribution in [1.82, 2.24) is 20.0 Å². The van der Waals surface area contributed by atoms with Gasteiger partial charge in [-0.2, -0.15) is 5.10 Å². The summed E-state index contributed by atoms with van der Waals surface area (Å²) in [5.74, 6) is 0.481. The minimum Gasteiger partial charge on any atom is -0.350 e. The number of benzene rings is 1. The third-order valence-electron chi connectivity index (χ3n) is 5.63. The highest BCUT2D eigenvalue weighted by Gasteiger charge is 2.21. The van der Waals surface area contributed by atoms with E-state index in [1.54, 1.807) is 4.68 Å². The van der Waals surface area contributed by atoms with E-state index in [0.29, 0.717) is 18.2 Å². The number of aromatic nitrogens is 2. The van der Waals surface area contributed by atoms with E-state index in [1.165, 1.54) is 0 Å². The van der Waals surface area contributed by atoms with Gasteiger partial charge in [0.2, 0.25) is 0 Å². The highest BCUT2D eigenvalue weighted by Crippen LogP contribution is 2.23. The number of aryl methyl sites for hydroxylation is 2. The first kappa shape index (κ1) is 21.2. The van der Waals surface area contributed by atoms with Gasteiger partial charge in [-0.25, -0.2) is 0 Å². The number of nitrogens with one attached hydrogen (secondary N) is 1. The molecule has 1 amide bonds. The van der Waals surface area contributed by atoms with Crippen LogP contribution in [-0.2, 0) is 11.8 Å². The molecule has 3 rings (SSSR count). The highest BCUT2D eigenvalue weighted by atomic mass is 16.1. The zero-order chi connectivity index (χ0) is 20.8. The minimum atomic E-state index is -0.0659. The van der Waals surface area contributed by atoms with Crippen LogP contribution in [0.3, 0.4) is 0 Å². The second-order valence-corrected chi connectivity index (χ2v) is 8.12. The van der Waals surface area contributed by atoms with Crippen molar-refractivity contribution >= 4 is 11.6 Å². The topological polar surface area (TPSA) is 62.5 Å². The van der Waals surface area contributed by atoms with E-state index in [2.05, 4.69) is 52.5 Å². The number of hydrogen-bond donors (Lipinski definition) is 1. The molecule has 1 aliphatic rings. The molecular formula is C23H33N5O. The van der Waals surface area contributed by atoms with E-state index in [1.807, 2.05) is 26.4 Å². The molecule has 2 aromatic rings. The van der Waals surface area contributed by atoms with Crippen LogP contribution in [0.5, 0.6) is 0 Å². The van der Waals surface area contributed by atoms with Crippen LogP contribution in [-0.4, -0.2) is 59.5 Å². The quantitative estimate of drug-likeness (QED) is 0.733. The number of nitrogens with zero attached hydrogens (tertiary/aromatic N) is 4. The van der Waals surface area contributed by atoms with Crippen LogP contribution in [0.1, 0.15) is 37.3 Å². The summed E-state index contributed by atoms with van der Waals surface area (Å²) in [7, 11) is 4.06. The molecule has 1 aromatic heterocycles. The minimum absolute atomic E-state index is 0.0659. The molecular weight excluding hydrogens is 362 g/mol. The molecule has 0 unspecified atom stereocenters. The Hall–Kier alpha value is -2.47. The summed E-state index contributed by atoms with van der Waals surface area (Å²) in [6.07, 6.45) is 7.00. The van der Waals surface area contributed by atoms with Gasteiger partial charge in [0.1, 0.15) is 5.71 Å². The number of amides is 1. The monoisotopic (exact) mass is 395 g/mol. The summed E-state index contributed by atoms with van der Waals surface area (Å²) >= 11 is 0.